The molecule has 5 heterocycles. The number of benzene rings is 1. The fourth-order valence-corrected chi connectivity index (χ4v) is 8.76. The summed E-state index contributed by atoms with van der Waals surface area (Å²) in [5.74, 6) is -4.07. The Hall–Kier alpha value is -4.14. The van der Waals surface area contributed by atoms with Crippen molar-refractivity contribution in [2.75, 3.05) is 29.5 Å². The van der Waals surface area contributed by atoms with Gasteiger partial charge in [0.1, 0.15) is 16.4 Å². The first-order valence-electron chi connectivity index (χ1n) is 14.6. The van der Waals surface area contributed by atoms with Crippen LogP contribution in [0.1, 0.15) is 37.9 Å². The Morgan fingerprint density at radius 1 is 1.17 bits per heavy atom. The highest BCUT2D eigenvalue weighted by atomic mass is 35.5. The van der Waals surface area contributed by atoms with Gasteiger partial charge in [0.15, 0.2) is 27.1 Å². The number of hydrogen-bond acceptors (Lipinski definition) is 9. The van der Waals surface area contributed by atoms with Crippen LogP contribution in [0.15, 0.2) is 40.7 Å². The highest BCUT2D eigenvalue weighted by Gasteiger charge is 2.45. The molecule has 2 aliphatic rings. The van der Waals surface area contributed by atoms with E-state index in [1.807, 2.05) is 13.8 Å². The number of piperazine rings is 1. The SMILES string of the molecule is C=CC(=O)N1CC(C)N2c3nc(=O)n(-c4c(C)ccnc4C(C)C)c4nc(-c5c(N)c(Cl)cc(Cl)c5F)c(F)c(c34)S(=O)(=O)CC2C1. The Morgan fingerprint density at radius 3 is 2.53 bits per heavy atom. The molecular formula is C31H29Cl2F2N7O4S. The van der Waals surface area contributed by atoms with E-state index in [4.69, 9.17) is 28.9 Å². The zero-order chi connectivity index (χ0) is 34.3. The van der Waals surface area contributed by atoms with Gasteiger partial charge in [0.2, 0.25) is 5.91 Å². The van der Waals surface area contributed by atoms with Gasteiger partial charge in [-0.05, 0) is 43.5 Å². The van der Waals surface area contributed by atoms with Crippen molar-refractivity contribution >= 4 is 61.5 Å². The number of carbonyl (C=O) groups is 1. The predicted molar refractivity (Wildman–Crippen MR) is 176 cm³/mol. The van der Waals surface area contributed by atoms with Crippen molar-refractivity contribution < 1.29 is 22.0 Å². The normalized spacial score (nSPS) is 18.7. The van der Waals surface area contributed by atoms with Crippen LogP contribution in [-0.2, 0) is 14.6 Å². The third-order valence-electron chi connectivity index (χ3n) is 8.51. The lowest BCUT2D eigenvalue weighted by molar-refractivity contribution is -0.127. The van der Waals surface area contributed by atoms with E-state index in [9.17, 15) is 18.0 Å². The monoisotopic (exact) mass is 703 g/mol. The van der Waals surface area contributed by atoms with Crippen molar-refractivity contribution in [2.45, 2.75) is 50.6 Å². The lowest BCUT2D eigenvalue weighted by Crippen LogP contribution is -2.61. The van der Waals surface area contributed by atoms with Crippen molar-refractivity contribution in [1.82, 2.24) is 24.4 Å². The molecule has 6 rings (SSSR count). The fraction of sp³-hybridized carbons (Fsp3) is 0.323. The molecule has 2 N–H and O–H groups in total. The van der Waals surface area contributed by atoms with Crippen LogP contribution in [0.4, 0.5) is 20.3 Å². The lowest BCUT2D eigenvalue weighted by atomic mass is 10.0. The number of nitrogen functional groups attached to an aromatic ring is 1. The second-order valence-electron chi connectivity index (χ2n) is 12.0. The molecule has 0 bridgehead atoms. The van der Waals surface area contributed by atoms with Gasteiger partial charge in [-0.1, -0.05) is 43.6 Å². The van der Waals surface area contributed by atoms with E-state index < -0.39 is 77.8 Å². The quantitative estimate of drug-likeness (QED) is 0.180. The third kappa shape index (κ3) is 5.04. The molecule has 11 nitrogen and oxygen atoms in total. The summed E-state index contributed by atoms with van der Waals surface area (Å²) in [6, 6.07) is 1.17. The smallest absolute Gasteiger partial charge is 0.355 e. The van der Waals surface area contributed by atoms with Crippen LogP contribution in [0.25, 0.3) is 28.0 Å². The minimum absolute atomic E-state index is 0.0821. The maximum atomic E-state index is 17.0. The Balaban J connectivity index is 1.83. The molecule has 246 valence electrons. The van der Waals surface area contributed by atoms with E-state index in [-0.39, 0.29) is 46.6 Å². The van der Waals surface area contributed by atoms with Crippen LogP contribution in [-0.4, -0.2) is 69.7 Å². The van der Waals surface area contributed by atoms with E-state index in [2.05, 4.69) is 21.5 Å². The second-order valence-corrected chi connectivity index (χ2v) is 14.7. The van der Waals surface area contributed by atoms with Gasteiger partial charge in [-0.2, -0.15) is 4.98 Å². The summed E-state index contributed by atoms with van der Waals surface area (Å²) >= 11 is 12.3. The number of hydrogen-bond donors (Lipinski definition) is 1. The van der Waals surface area contributed by atoms with E-state index in [1.54, 1.807) is 31.0 Å². The molecule has 0 aliphatic carbocycles. The highest BCUT2D eigenvalue weighted by molar-refractivity contribution is 7.91. The number of carbonyl (C=O) groups excluding carboxylic acids is 1. The van der Waals surface area contributed by atoms with Crippen LogP contribution in [0.3, 0.4) is 0 Å². The van der Waals surface area contributed by atoms with Gasteiger partial charge in [-0.25, -0.2) is 31.5 Å². The Labute approximate surface area is 278 Å². The molecule has 1 amide bonds. The van der Waals surface area contributed by atoms with Crippen molar-refractivity contribution in [3.05, 3.63) is 74.4 Å². The minimum atomic E-state index is -4.61. The van der Waals surface area contributed by atoms with Gasteiger partial charge < -0.3 is 15.5 Å². The number of anilines is 2. The van der Waals surface area contributed by atoms with Gasteiger partial charge in [-0.15, -0.1) is 0 Å². The Kier molecular flexibility index (Phi) is 8.04. The van der Waals surface area contributed by atoms with Crippen LogP contribution < -0.4 is 16.3 Å². The van der Waals surface area contributed by atoms with Crippen LogP contribution in [0, 0.1) is 18.6 Å². The molecule has 0 spiro atoms. The average molecular weight is 705 g/mol. The molecule has 0 saturated carbocycles. The molecule has 2 unspecified atom stereocenters. The van der Waals surface area contributed by atoms with Crippen LogP contribution in [0.5, 0.6) is 0 Å². The first-order chi connectivity index (χ1) is 22.1. The van der Waals surface area contributed by atoms with Crippen molar-refractivity contribution in [3.8, 4) is 16.9 Å². The van der Waals surface area contributed by atoms with Crippen molar-refractivity contribution in [1.29, 1.82) is 0 Å². The molecular weight excluding hydrogens is 675 g/mol. The number of halogens is 4. The maximum Gasteiger partial charge on any atom is 0.355 e. The number of nitrogens with two attached hydrogens (primary N) is 1. The summed E-state index contributed by atoms with van der Waals surface area (Å²) in [5.41, 5.74) is 4.30. The topological polar surface area (TPSA) is 144 Å². The minimum Gasteiger partial charge on any atom is -0.397 e. The molecule has 1 aromatic carbocycles. The highest BCUT2D eigenvalue weighted by Crippen LogP contribution is 2.45. The Morgan fingerprint density at radius 2 is 1.87 bits per heavy atom. The summed E-state index contributed by atoms with van der Waals surface area (Å²) in [4.78, 5) is 42.4. The van der Waals surface area contributed by atoms with E-state index in [1.165, 1.54) is 4.90 Å². The summed E-state index contributed by atoms with van der Waals surface area (Å²) in [6.45, 7) is 10.7. The first kappa shape index (κ1) is 32.8. The zero-order valence-corrected chi connectivity index (χ0v) is 28.0. The molecule has 1 saturated heterocycles. The third-order valence-corrected chi connectivity index (χ3v) is 10.9. The molecule has 47 heavy (non-hydrogen) atoms. The Bertz CT molecular complexity index is 2180. The average Bonchev–Trinajstić information content (AvgIpc) is 3.09. The number of amides is 1. The van der Waals surface area contributed by atoms with E-state index in [0.29, 0.717) is 11.3 Å². The summed E-state index contributed by atoms with van der Waals surface area (Å²) < 4.78 is 62.5. The molecule has 16 heteroatoms. The maximum absolute atomic E-state index is 17.0. The largest absolute Gasteiger partial charge is 0.397 e. The molecule has 3 aromatic heterocycles. The lowest BCUT2D eigenvalue weighted by Gasteiger charge is -2.45. The summed E-state index contributed by atoms with van der Waals surface area (Å²) in [7, 11) is -4.61. The van der Waals surface area contributed by atoms with Crippen LogP contribution >= 0.6 is 23.2 Å². The first-order valence-corrected chi connectivity index (χ1v) is 17.0. The fourth-order valence-electron chi connectivity index (χ4n) is 6.50. The van der Waals surface area contributed by atoms with E-state index in [0.717, 1.165) is 16.7 Å². The number of aromatic nitrogens is 4. The molecule has 2 atom stereocenters. The standard InChI is InChI=1S/C31H29Cl2F2N7O4S/c1-6-19(43)40-10-15(5)41-16(11-40)12-47(45,46)28-21-29(38-26(23(28)35)20-22(34)17(32)9-18(33)24(20)36)42(31(44)39-30(21)41)27-14(4)7-8-37-25(27)13(2)3/h6-9,13,15-16H,1,10-12,36H2,2-5H3. The van der Waals surface area contributed by atoms with Gasteiger partial charge in [0.25, 0.3) is 0 Å². The number of pyridine rings is 2. The van der Waals surface area contributed by atoms with Crippen molar-refractivity contribution in [3.63, 3.8) is 0 Å². The molecule has 2 aliphatic heterocycles. The van der Waals surface area contributed by atoms with Crippen LogP contribution in [0.2, 0.25) is 10.0 Å². The number of aryl methyl sites for hydroxylation is 1. The molecule has 0 radical (unpaired) electrons. The number of sulfone groups is 1. The summed E-state index contributed by atoms with van der Waals surface area (Å²) in [5, 5.41) is -1.02. The second kappa shape index (κ2) is 11.5. The number of nitrogens with zero attached hydrogens (tertiary/aromatic N) is 6. The molecule has 1 fully saturated rings. The molecule has 4 aromatic rings. The van der Waals surface area contributed by atoms with Gasteiger partial charge in [0, 0.05) is 25.3 Å². The van der Waals surface area contributed by atoms with Gasteiger partial charge in [-0.3, -0.25) is 9.78 Å². The van der Waals surface area contributed by atoms with Gasteiger partial charge >= 0.3 is 5.69 Å². The number of rotatable bonds is 4. The van der Waals surface area contributed by atoms with E-state index >= 15 is 8.78 Å². The zero-order valence-electron chi connectivity index (χ0n) is 25.7. The predicted octanol–water partition coefficient (Wildman–Crippen LogP) is 4.82. The number of fused-ring (bicyclic) bond motifs is 2. The van der Waals surface area contributed by atoms with Crippen molar-refractivity contribution in [2.24, 2.45) is 0 Å². The summed E-state index contributed by atoms with van der Waals surface area (Å²) in [6.07, 6.45) is 2.68. The van der Waals surface area contributed by atoms with Gasteiger partial charge in [0.05, 0.1) is 49.9 Å².